The third-order valence-corrected chi connectivity index (χ3v) is 3.79. The Morgan fingerprint density at radius 3 is 3.11 bits per heavy atom. The van der Waals surface area contributed by atoms with E-state index in [0.717, 1.165) is 31.4 Å². The average Bonchev–Trinajstić information content (AvgIpc) is 2.77. The largest absolute Gasteiger partial charge is 0.335 e. The van der Waals surface area contributed by atoms with Crippen molar-refractivity contribution in [3.05, 3.63) is 35.4 Å². The first kappa shape index (κ1) is 11.2. The van der Waals surface area contributed by atoms with E-state index in [9.17, 15) is 4.79 Å². The first-order valence-electron chi connectivity index (χ1n) is 6.36. The number of rotatable bonds is 1. The summed E-state index contributed by atoms with van der Waals surface area (Å²) in [5.74, 6) is 0.127. The van der Waals surface area contributed by atoms with Crippen LogP contribution in [-0.2, 0) is 4.79 Å². The molecular formula is C14H15N3O. The van der Waals surface area contributed by atoms with Gasteiger partial charge < -0.3 is 5.32 Å². The molecule has 4 nitrogen and oxygen atoms in total. The summed E-state index contributed by atoms with van der Waals surface area (Å²) in [4.78, 5) is 14.2. The summed E-state index contributed by atoms with van der Waals surface area (Å²) < 4.78 is 0. The van der Waals surface area contributed by atoms with E-state index in [1.807, 2.05) is 18.2 Å². The highest BCUT2D eigenvalue weighted by atomic mass is 16.2. The maximum Gasteiger partial charge on any atom is 0.238 e. The fourth-order valence-electron chi connectivity index (χ4n) is 2.91. The van der Waals surface area contributed by atoms with E-state index in [0.29, 0.717) is 5.56 Å². The molecule has 2 aliphatic rings. The molecule has 1 amide bonds. The van der Waals surface area contributed by atoms with Crippen molar-refractivity contribution in [3.8, 4) is 6.07 Å². The zero-order valence-electron chi connectivity index (χ0n) is 10.1. The molecule has 0 aromatic heterocycles. The van der Waals surface area contributed by atoms with Crippen LogP contribution in [0.25, 0.3) is 0 Å². The third kappa shape index (κ3) is 1.77. The van der Waals surface area contributed by atoms with E-state index in [1.54, 1.807) is 6.07 Å². The number of nitrogens with one attached hydrogen (secondary N) is 1. The van der Waals surface area contributed by atoms with Gasteiger partial charge in [0, 0.05) is 6.54 Å². The number of hydrogen-bond acceptors (Lipinski definition) is 3. The maximum atomic E-state index is 11.9. The summed E-state index contributed by atoms with van der Waals surface area (Å²) >= 11 is 0. The number of fused-ring (bicyclic) bond motifs is 1. The molecule has 92 valence electrons. The number of amides is 1. The summed E-state index contributed by atoms with van der Waals surface area (Å²) in [7, 11) is 0. The fraction of sp³-hybridized carbons (Fsp3) is 0.429. The highest BCUT2D eigenvalue weighted by Gasteiger charge is 2.41. The number of hydrogen-bond donors (Lipinski definition) is 1. The molecule has 2 fully saturated rings. The first-order chi connectivity index (χ1) is 8.79. The molecule has 2 atom stereocenters. The quantitative estimate of drug-likeness (QED) is 0.811. The Balaban J connectivity index is 1.92. The van der Waals surface area contributed by atoms with Crippen molar-refractivity contribution in [1.82, 2.24) is 10.2 Å². The van der Waals surface area contributed by atoms with Gasteiger partial charge in [0.1, 0.15) is 6.17 Å². The molecule has 2 saturated heterocycles. The minimum absolute atomic E-state index is 0.0227. The molecule has 18 heavy (non-hydrogen) atoms. The Hall–Kier alpha value is -1.86. The third-order valence-electron chi connectivity index (χ3n) is 3.79. The van der Waals surface area contributed by atoms with Crippen molar-refractivity contribution in [1.29, 1.82) is 5.26 Å². The second-order valence-corrected chi connectivity index (χ2v) is 4.90. The van der Waals surface area contributed by atoms with Gasteiger partial charge in [0.2, 0.25) is 5.91 Å². The predicted octanol–water partition coefficient (Wildman–Crippen LogP) is 1.54. The van der Waals surface area contributed by atoms with Crippen LogP contribution < -0.4 is 5.32 Å². The molecule has 2 heterocycles. The van der Waals surface area contributed by atoms with Gasteiger partial charge in [-0.3, -0.25) is 9.69 Å². The Morgan fingerprint density at radius 1 is 1.39 bits per heavy atom. The minimum atomic E-state index is -0.0592. The van der Waals surface area contributed by atoms with Crippen LogP contribution in [0.4, 0.5) is 0 Å². The van der Waals surface area contributed by atoms with Crippen molar-refractivity contribution in [2.75, 3.05) is 6.54 Å². The predicted molar refractivity (Wildman–Crippen MR) is 66.4 cm³/mol. The Morgan fingerprint density at radius 2 is 2.28 bits per heavy atom. The van der Waals surface area contributed by atoms with E-state index in [1.165, 1.54) is 0 Å². The number of carbonyl (C=O) groups excluding carboxylic acids is 1. The monoisotopic (exact) mass is 241 g/mol. The van der Waals surface area contributed by atoms with Gasteiger partial charge in [-0.25, -0.2) is 0 Å². The lowest BCUT2D eigenvalue weighted by atomic mass is 10.0. The first-order valence-corrected chi connectivity index (χ1v) is 6.36. The second-order valence-electron chi connectivity index (χ2n) is 4.90. The molecule has 0 bridgehead atoms. The number of benzene rings is 1. The lowest BCUT2D eigenvalue weighted by Gasteiger charge is -2.31. The molecule has 1 aromatic rings. The van der Waals surface area contributed by atoms with Crippen molar-refractivity contribution in [2.45, 2.75) is 31.5 Å². The molecule has 1 aromatic carbocycles. The molecular weight excluding hydrogens is 226 g/mol. The lowest BCUT2D eigenvalue weighted by Crippen LogP contribution is -2.38. The smallest absolute Gasteiger partial charge is 0.238 e. The molecule has 0 saturated carbocycles. The summed E-state index contributed by atoms with van der Waals surface area (Å²) in [5.41, 5.74) is 1.65. The van der Waals surface area contributed by atoms with Crippen LogP contribution in [0.3, 0.4) is 0 Å². The Labute approximate surface area is 106 Å². The molecule has 0 unspecified atom stereocenters. The summed E-state index contributed by atoms with van der Waals surface area (Å²) in [6.45, 7) is 0.949. The van der Waals surface area contributed by atoms with E-state index >= 15 is 0 Å². The van der Waals surface area contributed by atoms with E-state index in [4.69, 9.17) is 5.26 Å². The van der Waals surface area contributed by atoms with Crippen LogP contribution in [-0.4, -0.2) is 23.4 Å². The Kier molecular flexibility index (Phi) is 2.77. The standard InChI is InChI=1S/C14H15N3O/c15-9-10-4-3-5-11(8-10)13-16-14(18)12-6-1-2-7-17(12)13/h3-5,8,12-13H,1-2,6-7H2,(H,16,18)/t12-,13-/m0/s1. The molecule has 4 heteroatoms. The SMILES string of the molecule is N#Cc1cccc([C@H]2NC(=O)[C@@H]3CCCCN23)c1. The zero-order chi connectivity index (χ0) is 12.5. The highest BCUT2D eigenvalue weighted by Crippen LogP contribution is 2.32. The van der Waals surface area contributed by atoms with Gasteiger partial charge in [-0.05, 0) is 30.5 Å². The van der Waals surface area contributed by atoms with Crippen LogP contribution in [0.5, 0.6) is 0 Å². The molecule has 1 N–H and O–H groups in total. The van der Waals surface area contributed by atoms with Crippen molar-refractivity contribution >= 4 is 5.91 Å². The summed E-state index contributed by atoms with van der Waals surface area (Å²) in [6.07, 6.45) is 3.15. The molecule has 3 rings (SSSR count). The number of carbonyl (C=O) groups is 1. The van der Waals surface area contributed by atoms with Crippen LogP contribution in [0.1, 0.15) is 36.6 Å². The second kappa shape index (κ2) is 4.43. The minimum Gasteiger partial charge on any atom is -0.335 e. The van der Waals surface area contributed by atoms with Crippen LogP contribution in [0.2, 0.25) is 0 Å². The van der Waals surface area contributed by atoms with Gasteiger partial charge in [0.05, 0.1) is 17.7 Å². The van der Waals surface area contributed by atoms with Gasteiger partial charge in [0.15, 0.2) is 0 Å². The van der Waals surface area contributed by atoms with Crippen molar-refractivity contribution < 1.29 is 4.79 Å². The van der Waals surface area contributed by atoms with Crippen molar-refractivity contribution in [2.24, 2.45) is 0 Å². The average molecular weight is 241 g/mol. The van der Waals surface area contributed by atoms with Crippen LogP contribution >= 0.6 is 0 Å². The topological polar surface area (TPSA) is 56.1 Å². The summed E-state index contributed by atoms with van der Waals surface area (Å²) in [5, 5.41) is 12.0. The highest BCUT2D eigenvalue weighted by molar-refractivity contribution is 5.84. The fourth-order valence-corrected chi connectivity index (χ4v) is 2.91. The van der Waals surface area contributed by atoms with Gasteiger partial charge in [-0.1, -0.05) is 18.6 Å². The molecule has 0 aliphatic carbocycles. The lowest BCUT2D eigenvalue weighted by molar-refractivity contribution is -0.122. The Bertz CT molecular complexity index is 520. The van der Waals surface area contributed by atoms with Gasteiger partial charge in [-0.2, -0.15) is 5.26 Å². The van der Waals surface area contributed by atoms with Gasteiger partial charge in [0.25, 0.3) is 0 Å². The zero-order valence-corrected chi connectivity index (χ0v) is 10.1. The van der Waals surface area contributed by atoms with E-state index < -0.39 is 0 Å². The molecule has 2 aliphatic heterocycles. The number of nitrogens with zero attached hydrogens (tertiary/aromatic N) is 2. The van der Waals surface area contributed by atoms with Gasteiger partial charge in [-0.15, -0.1) is 0 Å². The van der Waals surface area contributed by atoms with Gasteiger partial charge >= 0.3 is 0 Å². The van der Waals surface area contributed by atoms with Crippen LogP contribution in [0.15, 0.2) is 24.3 Å². The molecule has 0 spiro atoms. The number of nitriles is 1. The van der Waals surface area contributed by atoms with Crippen LogP contribution in [0, 0.1) is 11.3 Å². The van der Waals surface area contributed by atoms with E-state index in [2.05, 4.69) is 16.3 Å². The van der Waals surface area contributed by atoms with E-state index in [-0.39, 0.29) is 18.1 Å². The van der Waals surface area contributed by atoms with Crippen molar-refractivity contribution in [3.63, 3.8) is 0 Å². The summed E-state index contributed by atoms with van der Waals surface area (Å²) in [6, 6.07) is 9.66. The maximum absolute atomic E-state index is 11.9. The number of piperidine rings is 1. The normalized spacial score (nSPS) is 27.4. The molecule has 0 radical (unpaired) electrons.